The molecule has 23 heavy (non-hydrogen) atoms. The fraction of sp³-hybridized carbons (Fsp3) is 0.300. The topological polar surface area (TPSA) is 9.23 Å². The molecule has 0 fully saturated rings. The average Bonchev–Trinajstić information content (AvgIpc) is 2.56. The van der Waals surface area contributed by atoms with Crippen LogP contribution in [0.1, 0.15) is 20.8 Å². The van der Waals surface area contributed by atoms with E-state index in [4.69, 9.17) is 4.43 Å². The van der Waals surface area contributed by atoms with Crippen molar-refractivity contribution in [2.45, 2.75) is 31.1 Å². The number of hydrogen-bond donors (Lipinski definition) is 1. The molecular formula is C20H26OSSi. The maximum atomic E-state index is 6.71. The van der Waals surface area contributed by atoms with Crippen LogP contribution in [0.4, 0.5) is 0 Å². The molecule has 2 aromatic carbocycles. The van der Waals surface area contributed by atoms with Gasteiger partial charge in [0, 0.05) is 11.9 Å². The molecule has 1 nitrogen and oxygen atoms in total. The summed E-state index contributed by atoms with van der Waals surface area (Å²) < 4.78 is 6.71. The molecule has 0 amide bonds. The van der Waals surface area contributed by atoms with E-state index < -0.39 is 8.32 Å². The Morgan fingerprint density at radius 2 is 1.43 bits per heavy atom. The Labute approximate surface area is 146 Å². The van der Waals surface area contributed by atoms with Crippen molar-refractivity contribution in [3.05, 3.63) is 73.3 Å². The van der Waals surface area contributed by atoms with Gasteiger partial charge < -0.3 is 4.43 Å². The maximum absolute atomic E-state index is 6.71. The van der Waals surface area contributed by atoms with Crippen LogP contribution in [0, 0.1) is 0 Å². The summed E-state index contributed by atoms with van der Waals surface area (Å²) in [5, 5.41) is 2.63. The molecule has 3 heteroatoms. The zero-order valence-corrected chi connectivity index (χ0v) is 16.1. The zero-order valence-electron chi connectivity index (χ0n) is 14.2. The van der Waals surface area contributed by atoms with Crippen LogP contribution in [0.3, 0.4) is 0 Å². The monoisotopic (exact) mass is 342 g/mol. The summed E-state index contributed by atoms with van der Waals surface area (Å²) in [6.45, 7) is 11.2. The highest BCUT2D eigenvalue weighted by Crippen LogP contribution is 2.36. The van der Waals surface area contributed by atoms with Crippen LogP contribution in [0.25, 0.3) is 0 Å². The van der Waals surface area contributed by atoms with Crippen molar-refractivity contribution >= 4 is 31.3 Å². The predicted octanol–water partition coefficient (Wildman–Crippen LogP) is 4.05. The highest BCUT2D eigenvalue weighted by atomic mass is 32.1. The minimum Gasteiger partial charge on any atom is -0.406 e. The van der Waals surface area contributed by atoms with Crippen molar-refractivity contribution in [1.29, 1.82) is 0 Å². The molecule has 0 spiro atoms. The van der Waals surface area contributed by atoms with Gasteiger partial charge in [0.15, 0.2) is 0 Å². The van der Waals surface area contributed by atoms with Crippen molar-refractivity contribution in [2.24, 2.45) is 0 Å². The van der Waals surface area contributed by atoms with Gasteiger partial charge in [-0.25, -0.2) is 0 Å². The molecule has 0 N–H and O–H groups in total. The molecule has 0 heterocycles. The Hall–Kier alpha value is -1.29. The Kier molecular flexibility index (Phi) is 5.90. The van der Waals surface area contributed by atoms with E-state index in [0.29, 0.717) is 6.61 Å². The minimum absolute atomic E-state index is 0.00434. The summed E-state index contributed by atoms with van der Waals surface area (Å²) >= 11 is 4.54. The smallest absolute Gasteiger partial charge is 0.261 e. The van der Waals surface area contributed by atoms with E-state index >= 15 is 0 Å². The first-order valence-electron chi connectivity index (χ1n) is 7.97. The fourth-order valence-corrected chi connectivity index (χ4v) is 7.84. The van der Waals surface area contributed by atoms with Crippen molar-refractivity contribution < 1.29 is 4.43 Å². The lowest BCUT2D eigenvalue weighted by Crippen LogP contribution is -2.67. The zero-order chi connectivity index (χ0) is 16.9. The van der Waals surface area contributed by atoms with Crippen molar-refractivity contribution in [2.75, 3.05) is 6.61 Å². The largest absolute Gasteiger partial charge is 0.406 e. The Bertz CT molecular complexity index is 580. The van der Waals surface area contributed by atoms with E-state index in [9.17, 15) is 0 Å². The van der Waals surface area contributed by atoms with Crippen LogP contribution in [0.15, 0.2) is 73.3 Å². The van der Waals surface area contributed by atoms with Gasteiger partial charge in [0.1, 0.15) is 0 Å². The summed E-state index contributed by atoms with van der Waals surface area (Å²) in [7, 11) is -2.43. The molecule has 0 saturated carbocycles. The molecule has 0 aliphatic rings. The molecule has 0 aliphatic carbocycles. The minimum atomic E-state index is -2.43. The molecule has 2 aromatic rings. The standard InChI is InChI=1S/C20H26OSSi/c1-5-17(22)16-21-23(20(2,3)4,18-12-8-6-9-13-18)19-14-10-7-11-15-19/h5-15,17,22H,1,16H2,2-4H3. The van der Waals surface area contributed by atoms with E-state index in [2.05, 4.69) is 101 Å². The lowest BCUT2D eigenvalue weighted by molar-refractivity contribution is 0.309. The summed E-state index contributed by atoms with van der Waals surface area (Å²) in [4.78, 5) is 0. The van der Waals surface area contributed by atoms with Gasteiger partial charge in [-0.3, -0.25) is 0 Å². The van der Waals surface area contributed by atoms with E-state index in [1.54, 1.807) is 0 Å². The second kappa shape index (κ2) is 7.52. The lowest BCUT2D eigenvalue weighted by atomic mass is 10.2. The molecular weight excluding hydrogens is 316 g/mol. The Morgan fingerprint density at radius 1 is 1.00 bits per heavy atom. The molecule has 1 atom stereocenters. The first-order chi connectivity index (χ1) is 10.9. The van der Waals surface area contributed by atoms with Crippen LogP contribution < -0.4 is 10.4 Å². The van der Waals surface area contributed by atoms with Gasteiger partial charge in [0.05, 0.1) is 0 Å². The third-order valence-electron chi connectivity index (χ3n) is 4.16. The summed E-state index contributed by atoms with van der Waals surface area (Å²) in [5.74, 6) is 0. The fourth-order valence-electron chi connectivity index (χ4n) is 3.04. The van der Waals surface area contributed by atoms with Gasteiger partial charge in [-0.1, -0.05) is 87.5 Å². The normalized spacial score (nSPS) is 13.6. The molecule has 2 rings (SSSR count). The number of thiol groups is 1. The summed E-state index contributed by atoms with van der Waals surface area (Å²) in [6.07, 6.45) is 1.83. The highest BCUT2D eigenvalue weighted by Gasteiger charge is 2.50. The van der Waals surface area contributed by atoms with E-state index in [1.165, 1.54) is 10.4 Å². The summed E-state index contributed by atoms with van der Waals surface area (Å²) in [6, 6.07) is 21.3. The molecule has 0 aromatic heterocycles. The lowest BCUT2D eigenvalue weighted by Gasteiger charge is -2.43. The van der Waals surface area contributed by atoms with Crippen LogP contribution >= 0.6 is 12.6 Å². The average molecular weight is 343 g/mol. The number of hydrogen-bond acceptors (Lipinski definition) is 2. The quantitative estimate of drug-likeness (QED) is 0.473. The first kappa shape index (κ1) is 18.1. The Morgan fingerprint density at radius 3 is 1.78 bits per heavy atom. The van der Waals surface area contributed by atoms with Crippen LogP contribution in [-0.2, 0) is 4.43 Å². The summed E-state index contributed by atoms with van der Waals surface area (Å²) in [5.41, 5.74) is 0. The molecule has 1 unspecified atom stereocenters. The maximum Gasteiger partial charge on any atom is 0.261 e. The van der Waals surface area contributed by atoms with Gasteiger partial charge in [-0.2, -0.15) is 12.6 Å². The molecule has 0 saturated heterocycles. The second-order valence-corrected chi connectivity index (χ2v) is 11.7. The highest BCUT2D eigenvalue weighted by molar-refractivity contribution is 7.81. The second-order valence-electron chi connectivity index (χ2n) is 6.78. The third-order valence-corrected chi connectivity index (χ3v) is 9.52. The van der Waals surface area contributed by atoms with Crippen molar-refractivity contribution in [3.8, 4) is 0 Å². The van der Waals surface area contributed by atoms with Crippen LogP contribution in [-0.4, -0.2) is 20.2 Å². The van der Waals surface area contributed by atoms with Gasteiger partial charge in [-0.05, 0) is 15.4 Å². The van der Waals surface area contributed by atoms with E-state index in [0.717, 1.165) is 0 Å². The van der Waals surface area contributed by atoms with Gasteiger partial charge >= 0.3 is 0 Å². The third kappa shape index (κ3) is 3.79. The van der Waals surface area contributed by atoms with Crippen LogP contribution in [0.5, 0.6) is 0 Å². The molecule has 122 valence electrons. The first-order valence-corrected chi connectivity index (χ1v) is 10.4. The molecule has 0 bridgehead atoms. The van der Waals surface area contributed by atoms with Crippen molar-refractivity contribution in [1.82, 2.24) is 0 Å². The van der Waals surface area contributed by atoms with Gasteiger partial charge in [0.2, 0.25) is 0 Å². The molecule has 0 radical (unpaired) electrons. The SMILES string of the molecule is C=CC(S)CO[Si](c1ccccc1)(c1ccccc1)C(C)(C)C. The van der Waals surface area contributed by atoms with E-state index in [-0.39, 0.29) is 10.3 Å². The predicted molar refractivity (Wildman–Crippen MR) is 107 cm³/mol. The number of rotatable bonds is 6. The molecule has 0 aliphatic heterocycles. The Balaban J connectivity index is 2.62. The van der Waals surface area contributed by atoms with E-state index in [1.807, 2.05) is 6.08 Å². The van der Waals surface area contributed by atoms with Gasteiger partial charge in [-0.15, -0.1) is 6.58 Å². The number of benzene rings is 2. The van der Waals surface area contributed by atoms with Crippen LogP contribution in [0.2, 0.25) is 5.04 Å². The van der Waals surface area contributed by atoms with Gasteiger partial charge in [0.25, 0.3) is 8.32 Å². The van der Waals surface area contributed by atoms with Crippen molar-refractivity contribution in [3.63, 3.8) is 0 Å².